The maximum Gasteiger partial charge on any atom is 0.416 e. The number of methoxy groups -OCH3 is 2. The van der Waals surface area contributed by atoms with Crippen molar-refractivity contribution in [3.05, 3.63) is 60.2 Å². The molecule has 0 spiro atoms. The molecule has 0 saturated heterocycles. The number of rotatable bonds is 8. The minimum Gasteiger partial charge on any atom is -0.496 e. The Hall–Kier alpha value is -3.55. The highest BCUT2D eigenvalue weighted by atomic mass is 16.6. The summed E-state index contributed by atoms with van der Waals surface area (Å²) in [5.41, 5.74) is -1.15. The minimum absolute atomic E-state index is 0.246. The Labute approximate surface area is 206 Å². The summed E-state index contributed by atoms with van der Waals surface area (Å²) in [6.07, 6.45) is 1.99. The maximum absolute atomic E-state index is 14.6. The van der Waals surface area contributed by atoms with Crippen molar-refractivity contribution in [1.82, 2.24) is 5.32 Å². The Balaban J connectivity index is 2.32. The lowest BCUT2D eigenvalue weighted by Crippen LogP contribution is -2.71. The first-order valence-electron chi connectivity index (χ1n) is 11.9. The van der Waals surface area contributed by atoms with Gasteiger partial charge in [-0.15, -0.1) is 0 Å². The molecule has 3 rings (SSSR count). The molecule has 0 aromatic heterocycles. The third-order valence-electron chi connectivity index (χ3n) is 6.25. The van der Waals surface area contributed by atoms with Gasteiger partial charge in [-0.25, -0.2) is 14.5 Å². The molecule has 8 nitrogen and oxygen atoms in total. The summed E-state index contributed by atoms with van der Waals surface area (Å²) in [5.74, 6) is -0.529. The molecule has 1 saturated carbocycles. The van der Waals surface area contributed by atoms with Crippen LogP contribution in [-0.4, -0.2) is 44.0 Å². The van der Waals surface area contributed by atoms with Gasteiger partial charge in [0.25, 0.3) is 0 Å². The molecule has 0 heterocycles. The van der Waals surface area contributed by atoms with Crippen LogP contribution in [0.1, 0.15) is 56.3 Å². The third-order valence-corrected chi connectivity index (χ3v) is 6.25. The van der Waals surface area contributed by atoms with Crippen LogP contribution < -0.4 is 15.0 Å². The van der Waals surface area contributed by atoms with Crippen molar-refractivity contribution in [3.8, 4) is 5.75 Å². The van der Waals surface area contributed by atoms with E-state index in [2.05, 4.69) is 5.32 Å². The average Bonchev–Trinajstić information content (AvgIpc) is 2.88. The highest BCUT2D eigenvalue weighted by molar-refractivity contribution is 6.12. The number of Topliss-reactive ketones (excluding diaryl/α,β-unsaturated/α-hetero) is 1. The summed E-state index contributed by atoms with van der Waals surface area (Å²) >= 11 is 0. The van der Waals surface area contributed by atoms with E-state index in [1.807, 2.05) is 6.07 Å². The number of hydrogen-bond donors (Lipinski definition) is 1. The summed E-state index contributed by atoms with van der Waals surface area (Å²) in [7, 11) is 2.73. The van der Waals surface area contributed by atoms with E-state index >= 15 is 0 Å². The van der Waals surface area contributed by atoms with Gasteiger partial charge >= 0.3 is 12.2 Å². The Morgan fingerprint density at radius 2 is 1.57 bits per heavy atom. The fraction of sp³-hybridized carbons (Fsp3) is 0.444. The van der Waals surface area contributed by atoms with Crippen LogP contribution in [0.15, 0.2) is 54.6 Å². The van der Waals surface area contributed by atoms with Gasteiger partial charge in [0, 0.05) is 11.6 Å². The second-order valence-electron chi connectivity index (χ2n) is 8.85. The quantitative estimate of drug-likeness (QED) is 0.391. The average molecular weight is 483 g/mol. The number of alkyl carbamates (subject to hydrolysis) is 1. The van der Waals surface area contributed by atoms with Crippen molar-refractivity contribution in [3.63, 3.8) is 0 Å². The molecule has 0 aliphatic heterocycles. The molecule has 2 amide bonds. The Bertz CT molecular complexity index is 1020. The number of ether oxygens (including phenoxy) is 3. The molecule has 2 aromatic rings. The number of carbonyl (C=O) groups is 3. The van der Waals surface area contributed by atoms with Gasteiger partial charge in [0.05, 0.1) is 25.9 Å². The predicted octanol–water partition coefficient (Wildman–Crippen LogP) is 5.56. The van der Waals surface area contributed by atoms with Crippen molar-refractivity contribution in [2.45, 2.75) is 57.7 Å². The SMILES string of the molecule is COC(=O)N(c1ccccc1)C(NC(=O)OC(C)C)(C(=O)c1ccccc1OC)C1CCCCC1. The third kappa shape index (κ3) is 5.58. The van der Waals surface area contributed by atoms with Crippen LogP contribution in [0.3, 0.4) is 0 Å². The summed E-state index contributed by atoms with van der Waals surface area (Å²) in [5, 5.41) is 2.85. The number of benzene rings is 2. The Kier molecular flexibility index (Phi) is 8.73. The number of nitrogens with one attached hydrogen (secondary N) is 1. The topological polar surface area (TPSA) is 94.2 Å². The van der Waals surface area contributed by atoms with Crippen LogP contribution in [0.4, 0.5) is 15.3 Å². The van der Waals surface area contributed by atoms with Gasteiger partial charge in [0.15, 0.2) is 5.66 Å². The molecule has 0 bridgehead atoms. The molecule has 188 valence electrons. The number of hydrogen-bond acceptors (Lipinski definition) is 6. The number of ketones is 1. The van der Waals surface area contributed by atoms with E-state index in [1.165, 1.54) is 19.1 Å². The van der Waals surface area contributed by atoms with Gasteiger partial charge in [-0.1, -0.05) is 49.6 Å². The molecule has 1 atom stereocenters. The summed E-state index contributed by atoms with van der Waals surface area (Å²) in [6.45, 7) is 3.44. The van der Waals surface area contributed by atoms with Crippen LogP contribution in [0.25, 0.3) is 0 Å². The van der Waals surface area contributed by atoms with Crippen molar-refractivity contribution >= 4 is 23.7 Å². The van der Waals surface area contributed by atoms with Crippen LogP contribution in [0.2, 0.25) is 0 Å². The fourth-order valence-electron chi connectivity index (χ4n) is 4.76. The molecule has 1 unspecified atom stereocenters. The lowest BCUT2D eigenvalue weighted by molar-refractivity contribution is 0.0595. The van der Waals surface area contributed by atoms with E-state index in [0.29, 0.717) is 24.3 Å². The molecule has 2 aromatic carbocycles. The second kappa shape index (κ2) is 11.7. The smallest absolute Gasteiger partial charge is 0.416 e. The largest absolute Gasteiger partial charge is 0.496 e. The van der Waals surface area contributed by atoms with E-state index < -0.39 is 35.7 Å². The highest BCUT2D eigenvalue weighted by Gasteiger charge is 2.55. The first-order chi connectivity index (χ1) is 16.8. The van der Waals surface area contributed by atoms with E-state index in [-0.39, 0.29) is 5.56 Å². The molecule has 1 fully saturated rings. The molecule has 1 aliphatic rings. The lowest BCUT2D eigenvalue weighted by Gasteiger charge is -2.47. The zero-order valence-corrected chi connectivity index (χ0v) is 20.8. The van der Waals surface area contributed by atoms with Crippen molar-refractivity contribution in [1.29, 1.82) is 0 Å². The van der Waals surface area contributed by atoms with Crippen molar-refractivity contribution < 1.29 is 28.6 Å². The molecule has 35 heavy (non-hydrogen) atoms. The molecule has 8 heteroatoms. The zero-order valence-electron chi connectivity index (χ0n) is 20.8. The van der Waals surface area contributed by atoms with E-state index in [4.69, 9.17) is 14.2 Å². The summed E-state index contributed by atoms with van der Waals surface area (Å²) in [4.78, 5) is 42.4. The van der Waals surface area contributed by atoms with Gasteiger partial charge < -0.3 is 14.2 Å². The second-order valence-corrected chi connectivity index (χ2v) is 8.85. The Morgan fingerprint density at radius 3 is 2.17 bits per heavy atom. The van der Waals surface area contributed by atoms with E-state index in [0.717, 1.165) is 19.3 Å². The number of carbonyl (C=O) groups excluding carboxylic acids is 3. The standard InChI is InChI=1S/C27H34N2O6/c1-19(2)35-25(31)28-27(20-13-7-5-8-14-20,24(30)22-17-11-12-18-23(22)33-3)29(26(32)34-4)21-15-9-6-10-16-21/h6,9-12,15-20H,5,7-8,13-14H2,1-4H3,(H,28,31). The lowest BCUT2D eigenvalue weighted by atomic mass is 9.75. The van der Waals surface area contributed by atoms with Gasteiger partial charge in [0.2, 0.25) is 5.78 Å². The van der Waals surface area contributed by atoms with Crippen molar-refractivity contribution in [2.75, 3.05) is 19.1 Å². The molecule has 1 N–H and O–H groups in total. The maximum atomic E-state index is 14.6. The molecule has 1 aliphatic carbocycles. The van der Waals surface area contributed by atoms with E-state index in [1.54, 1.807) is 62.4 Å². The minimum atomic E-state index is -1.81. The fourth-order valence-corrected chi connectivity index (χ4v) is 4.76. The molecular formula is C27H34N2O6. The predicted molar refractivity (Wildman–Crippen MR) is 133 cm³/mol. The van der Waals surface area contributed by atoms with Crippen LogP contribution in [0, 0.1) is 5.92 Å². The van der Waals surface area contributed by atoms with Gasteiger partial charge in [0.1, 0.15) is 5.75 Å². The first-order valence-corrected chi connectivity index (χ1v) is 11.9. The van der Waals surface area contributed by atoms with Gasteiger partial charge in [-0.2, -0.15) is 0 Å². The van der Waals surface area contributed by atoms with Crippen molar-refractivity contribution in [2.24, 2.45) is 5.92 Å². The van der Waals surface area contributed by atoms with Gasteiger partial charge in [-0.3, -0.25) is 10.1 Å². The first kappa shape index (κ1) is 26.1. The number of amides is 2. The van der Waals surface area contributed by atoms with Crippen LogP contribution in [0.5, 0.6) is 5.75 Å². The summed E-state index contributed by atoms with van der Waals surface area (Å²) < 4.78 is 16.1. The normalized spacial score (nSPS) is 15.6. The highest BCUT2D eigenvalue weighted by Crippen LogP contribution is 2.41. The monoisotopic (exact) mass is 482 g/mol. The van der Waals surface area contributed by atoms with E-state index in [9.17, 15) is 14.4 Å². The number of nitrogens with zero attached hydrogens (tertiary/aromatic N) is 1. The molecule has 0 radical (unpaired) electrons. The van der Waals surface area contributed by atoms with Crippen LogP contribution in [-0.2, 0) is 9.47 Å². The summed E-state index contributed by atoms with van der Waals surface area (Å²) in [6, 6.07) is 15.5. The molecular weight excluding hydrogens is 448 g/mol. The number of para-hydroxylation sites is 2. The number of anilines is 1. The van der Waals surface area contributed by atoms with Gasteiger partial charge in [-0.05, 0) is 51.0 Å². The Morgan fingerprint density at radius 1 is 0.943 bits per heavy atom. The zero-order chi connectivity index (χ0) is 25.4. The van der Waals surface area contributed by atoms with Crippen LogP contribution >= 0.6 is 0 Å².